The van der Waals surface area contributed by atoms with Crippen molar-refractivity contribution in [2.45, 2.75) is 62.4 Å². The van der Waals surface area contributed by atoms with Crippen molar-refractivity contribution in [2.75, 3.05) is 43.9 Å². The van der Waals surface area contributed by atoms with Crippen LogP contribution in [0, 0.1) is 5.92 Å². The molecule has 2 aliphatic rings. The van der Waals surface area contributed by atoms with Crippen molar-refractivity contribution in [1.82, 2.24) is 15.1 Å². The van der Waals surface area contributed by atoms with Gasteiger partial charge in [-0.15, -0.1) is 0 Å². The molecule has 0 saturated carbocycles. The molecule has 2 aromatic carbocycles. The third-order valence-corrected chi connectivity index (χ3v) is 10.4. The van der Waals surface area contributed by atoms with E-state index in [2.05, 4.69) is 22.3 Å². The lowest BCUT2D eigenvalue weighted by atomic mass is 9.97. The Morgan fingerprint density at radius 1 is 1.00 bits per heavy atom. The van der Waals surface area contributed by atoms with Crippen molar-refractivity contribution in [2.24, 2.45) is 5.92 Å². The summed E-state index contributed by atoms with van der Waals surface area (Å²) in [6, 6.07) is 17.1. The van der Waals surface area contributed by atoms with Gasteiger partial charge in [-0.1, -0.05) is 42.5 Å². The van der Waals surface area contributed by atoms with E-state index in [0.717, 1.165) is 74.4 Å². The quantitative estimate of drug-likeness (QED) is 0.422. The Morgan fingerprint density at radius 2 is 1.65 bits per heavy atom. The van der Waals surface area contributed by atoms with Gasteiger partial charge >= 0.3 is 0 Å². The Balaban J connectivity index is 1.28. The molecule has 4 rings (SSSR count). The van der Waals surface area contributed by atoms with Crippen LogP contribution in [0.25, 0.3) is 0 Å². The van der Waals surface area contributed by atoms with Crippen molar-refractivity contribution >= 4 is 33.4 Å². The van der Waals surface area contributed by atoms with E-state index < -0.39 is 9.84 Å². The minimum atomic E-state index is -3.25. The number of nitrogens with one attached hydrogen (secondary N) is 1. The van der Waals surface area contributed by atoms with Crippen molar-refractivity contribution in [3.05, 3.63) is 65.7 Å². The monoisotopic (exact) mass is 585 g/mol. The molecule has 0 spiro atoms. The van der Waals surface area contributed by atoms with Crippen LogP contribution in [0.4, 0.5) is 0 Å². The second-order valence-electron chi connectivity index (χ2n) is 11.0. The first kappa shape index (κ1) is 30.6. The van der Waals surface area contributed by atoms with Crippen molar-refractivity contribution in [1.29, 1.82) is 0 Å². The molecule has 2 heterocycles. The summed E-state index contributed by atoms with van der Waals surface area (Å²) in [6.45, 7) is 5.43. The number of thioether (sulfide) groups is 1. The molecule has 0 bridgehead atoms. The zero-order valence-electron chi connectivity index (χ0n) is 23.8. The molecule has 2 saturated heterocycles. The molecular weight excluding hydrogens is 542 g/mol. The van der Waals surface area contributed by atoms with Gasteiger partial charge in [-0.05, 0) is 73.8 Å². The lowest BCUT2D eigenvalue weighted by Gasteiger charge is -2.38. The topological polar surface area (TPSA) is 86.8 Å². The van der Waals surface area contributed by atoms with Crippen LogP contribution < -0.4 is 5.32 Å². The van der Waals surface area contributed by atoms with Gasteiger partial charge in [0.05, 0.1) is 17.4 Å². The Labute approximate surface area is 244 Å². The maximum absolute atomic E-state index is 13.2. The molecule has 7 nitrogen and oxygen atoms in total. The first-order valence-corrected chi connectivity index (χ1v) is 17.5. The second kappa shape index (κ2) is 14.5. The van der Waals surface area contributed by atoms with Gasteiger partial charge in [0.2, 0.25) is 11.8 Å². The number of carbonyl (C=O) groups excluding carboxylic acids is 2. The average Bonchev–Trinajstić information content (AvgIpc) is 2.97. The summed E-state index contributed by atoms with van der Waals surface area (Å²) in [5.74, 6) is 2.53. The van der Waals surface area contributed by atoms with E-state index in [1.165, 1.54) is 6.26 Å². The van der Waals surface area contributed by atoms with Crippen molar-refractivity contribution < 1.29 is 18.0 Å². The number of piperidine rings is 1. The van der Waals surface area contributed by atoms with Crippen LogP contribution >= 0.6 is 11.8 Å². The molecule has 40 heavy (non-hydrogen) atoms. The third kappa shape index (κ3) is 8.57. The highest BCUT2D eigenvalue weighted by Crippen LogP contribution is 2.26. The fourth-order valence-corrected chi connectivity index (χ4v) is 7.53. The minimum Gasteiger partial charge on any atom is -0.349 e. The molecule has 1 atom stereocenters. The van der Waals surface area contributed by atoms with Crippen LogP contribution in [-0.2, 0) is 25.8 Å². The number of rotatable bonds is 11. The van der Waals surface area contributed by atoms with Gasteiger partial charge in [-0.3, -0.25) is 9.59 Å². The largest absolute Gasteiger partial charge is 0.349 e. The third-order valence-electron chi connectivity index (χ3n) is 8.21. The number of carbonyl (C=O) groups is 2. The molecule has 9 heteroatoms. The number of hydrogen-bond donors (Lipinski definition) is 1. The molecule has 0 aliphatic carbocycles. The summed E-state index contributed by atoms with van der Waals surface area (Å²) < 4.78 is 23.4. The van der Waals surface area contributed by atoms with Gasteiger partial charge in [0, 0.05) is 44.4 Å². The van der Waals surface area contributed by atoms with Crippen LogP contribution in [0.5, 0.6) is 0 Å². The van der Waals surface area contributed by atoms with Gasteiger partial charge < -0.3 is 15.1 Å². The zero-order chi connectivity index (χ0) is 28.5. The lowest BCUT2D eigenvalue weighted by molar-refractivity contribution is -0.133. The molecule has 218 valence electrons. The first-order valence-electron chi connectivity index (χ1n) is 14.5. The summed E-state index contributed by atoms with van der Waals surface area (Å²) >= 11 is 1.94. The normalized spacial score (nSPS) is 18.2. The Kier molecular flexibility index (Phi) is 11.1. The standard InChI is InChI=1S/C31H43N3O4S2/c1-3-34(30(35)23-24-9-11-28(12-10-24)40(2,37)38)27-13-18-33(19-14-27)20-15-29(25-7-5-4-6-8-25)32-31(36)26-16-21-39-22-17-26/h4-12,26-27,29H,3,13-23H2,1-2H3,(H,32,36)/t29-/m0/s1. The number of likely N-dealkylation sites (tertiary alicyclic amines) is 1. The molecule has 1 N–H and O–H groups in total. The van der Waals surface area contributed by atoms with E-state index in [4.69, 9.17) is 0 Å². The molecule has 0 radical (unpaired) electrons. The van der Waals surface area contributed by atoms with Crippen LogP contribution in [-0.4, -0.2) is 80.0 Å². The van der Waals surface area contributed by atoms with E-state index in [1.54, 1.807) is 24.3 Å². The van der Waals surface area contributed by atoms with Gasteiger partial charge in [0.15, 0.2) is 9.84 Å². The number of hydrogen-bond acceptors (Lipinski definition) is 6. The smallest absolute Gasteiger partial charge is 0.227 e. The summed E-state index contributed by atoms with van der Waals surface area (Å²) in [6.07, 6.45) is 6.10. The Bertz CT molecular complexity index is 1210. The highest BCUT2D eigenvalue weighted by molar-refractivity contribution is 7.99. The fraction of sp³-hybridized carbons (Fsp3) is 0.548. The van der Waals surface area contributed by atoms with E-state index >= 15 is 0 Å². The number of likely N-dealkylation sites (N-methyl/N-ethyl adjacent to an activating group) is 1. The summed E-state index contributed by atoms with van der Waals surface area (Å²) in [5.41, 5.74) is 1.98. The van der Waals surface area contributed by atoms with Crippen molar-refractivity contribution in [3.63, 3.8) is 0 Å². The molecule has 0 unspecified atom stereocenters. The SMILES string of the molecule is CCN(C(=O)Cc1ccc(S(C)(=O)=O)cc1)C1CCN(CC[C@H](NC(=O)C2CCSCC2)c2ccccc2)CC1. The Hall–Kier alpha value is -2.36. The second-order valence-corrected chi connectivity index (χ2v) is 14.2. The minimum absolute atomic E-state index is 0.00352. The number of sulfone groups is 1. The van der Waals surface area contributed by atoms with Crippen LogP contribution in [0.15, 0.2) is 59.5 Å². The maximum Gasteiger partial charge on any atom is 0.227 e. The van der Waals surface area contributed by atoms with Gasteiger partial charge in [0.1, 0.15) is 0 Å². The maximum atomic E-state index is 13.2. The molecule has 2 fully saturated rings. The van der Waals surface area contributed by atoms with Gasteiger partial charge in [0.25, 0.3) is 0 Å². The average molecular weight is 586 g/mol. The predicted octanol–water partition coefficient (Wildman–Crippen LogP) is 4.34. The number of benzene rings is 2. The summed E-state index contributed by atoms with van der Waals surface area (Å²) in [5, 5.41) is 3.37. The van der Waals surface area contributed by atoms with E-state index in [9.17, 15) is 18.0 Å². The molecule has 2 aromatic rings. The Morgan fingerprint density at radius 3 is 2.25 bits per heavy atom. The van der Waals surface area contributed by atoms with Gasteiger partial charge in [-0.2, -0.15) is 11.8 Å². The van der Waals surface area contributed by atoms with Crippen LogP contribution in [0.1, 0.15) is 56.2 Å². The predicted molar refractivity (Wildman–Crippen MR) is 162 cm³/mol. The molecule has 2 aliphatic heterocycles. The highest BCUT2D eigenvalue weighted by atomic mass is 32.2. The first-order chi connectivity index (χ1) is 19.2. The lowest BCUT2D eigenvalue weighted by Crippen LogP contribution is -2.48. The van der Waals surface area contributed by atoms with Crippen molar-refractivity contribution in [3.8, 4) is 0 Å². The number of amides is 2. The van der Waals surface area contributed by atoms with Crippen LogP contribution in [0.2, 0.25) is 0 Å². The van der Waals surface area contributed by atoms with E-state index in [-0.39, 0.29) is 41.1 Å². The van der Waals surface area contributed by atoms with E-state index in [1.807, 2.05) is 41.8 Å². The molecular formula is C31H43N3O4S2. The van der Waals surface area contributed by atoms with Crippen LogP contribution in [0.3, 0.4) is 0 Å². The van der Waals surface area contributed by atoms with E-state index in [0.29, 0.717) is 6.54 Å². The summed E-state index contributed by atoms with van der Waals surface area (Å²) in [4.78, 5) is 30.9. The molecule has 2 amide bonds. The fourth-order valence-electron chi connectivity index (χ4n) is 5.79. The molecule has 0 aromatic heterocycles. The zero-order valence-corrected chi connectivity index (χ0v) is 25.4. The number of nitrogens with zero attached hydrogens (tertiary/aromatic N) is 2. The summed E-state index contributed by atoms with van der Waals surface area (Å²) in [7, 11) is -3.25. The highest BCUT2D eigenvalue weighted by Gasteiger charge is 2.28. The van der Waals surface area contributed by atoms with Gasteiger partial charge in [-0.25, -0.2) is 8.42 Å².